The first-order valence-electron chi connectivity index (χ1n) is 11.6. The van der Waals surface area contributed by atoms with Crippen LogP contribution in [0.25, 0.3) is 33.4 Å². The number of hydrogen-bond acceptors (Lipinski definition) is 5. The Morgan fingerprint density at radius 3 is 2.39 bits per heavy atom. The summed E-state index contributed by atoms with van der Waals surface area (Å²) >= 11 is 0. The monoisotopic (exact) mass is 443 g/mol. The first-order valence-corrected chi connectivity index (χ1v) is 11.6. The molecule has 2 aromatic rings. The molecule has 1 N–H and O–H groups in total. The molecule has 6 nitrogen and oxygen atoms in total. The minimum Gasteiger partial charge on any atom is -0.507 e. The van der Waals surface area contributed by atoms with Gasteiger partial charge in [-0.05, 0) is 24.3 Å². The maximum absolute atomic E-state index is 10.7. The molecule has 2 aromatic carbocycles. The lowest BCUT2D eigenvalue weighted by Gasteiger charge is -2.29. The number of morpholine rings is 2. The first-order chi connectivity index (χ1) is 16.3. The number of nitrogens with zero attached hydrogens (tertiary/aromatic N) is 2. The van der Waals surface area contributed by atoms with Crippen molar-refractivity contribution >= 4 is 16.7 Å². The highest BCUT2D eigenvalue weighted by Crippen LogP contribution is 2.43. The van der Waals surface area contributed by atoms with Gasteiger partial charge in [-0.3, -0.25) is 0 Å². The molecule has 2 fully saturated rings. The topological polar surface area (TPSA) is 58.1 Å². The normalized spacial score (nSPS) is 17.1. The summed E-state index contributed by atoms with van der Waals surface area (Å²) in [5.41, 5.74) is 4.72. The molecule has 0 amide bonds. The highest BCUT2D eigenvalue weighted by molar-refractivity contribution is 6.03. The maximum Gasteiger partial charge on any atom is 0.203 e. The van der Waals surface area contributed by atoms with Gasteiger partial charge in [-0.25, -0.2) is 4.58 Å². The fourth-order valence-electron chi connectivity index (χ4n) is 4.88. The van der Waals surface area contributed by atoms with E-state index in [4.69, 9.17) is 13.9 Å². The van der Waals surface area contributed by atoms with Gasteiger partial charge < -0.3 is 23.9 Å². The summed E-state index contributed by atoms with van der Waals surface area (Å²) in [6.07, 6.45) is 0. The molecular formula is C27H27N2O4+. The molecular weight excluding hydrogens is 416 g/mol. The van der Waals surface area contributed by atoms with Crippen LogP contribution in [0.4, 0.5) is 5.69 Å². The van der Waals surface area contributed by atoms with E-state index in [1.54, 1.807) is 6.07 Å². The van der Waals surface area contributed by atoms with Crippen LogP contribution in [-0.2, 0) is 9.47 Å². The zero-order valence-electron chi connectivity index (χ0n) is 18.5. The lowest BCUT2D eigenvalue weighted by molar-refractivity contribution is 0.0965. The molecule has 0 saturated carbocycles. The van der Waals surface area contributed by atoms with Gasteiger partial charge >= 0.3 is 0 Å². The van der Waals surface area contributed by atoms with Gasteiger partial charge in [0, 0.05) is 53.0 Å². The average Bonchev–Trinajstić information content (AvgIpc) is 2.88. The van der Waals surface area contributed by atoms with Crippen LogP contribution in [0.15, 0.2) is 65.1 Å². The maximum atomic E-state index is 10.7. The van der Waals surface area contributed by atoms with Crippen molar-refractivity contribution in [1.29, 1.82) is 0 Å². The third-order valence-corrected chi connectivity index (χ3v) is 6.61. The summed E-state index contributed by atoms with van der Waals surface area (Å²) in [5.74, 6) is 1.07. The highest BCUT2D eigenvalue weighted by Gasteiger charge is 2.22. The van der Waals surface area contributed by atoms with Gasteiger partial charge in [-0.2, -0.15) is 0 Å². The first kappa shape index (κ1) is 20.3. The van der Waals surface area contributed by atoms with E-state index in [2.05, 4.69) is 45.9 Å². The lowest BCUT2D eigenvalue weighted by atomic mass is 9.93. The van der Waals surface area contributed by atoms with Gasteiger partial charge in [0.1, 0.15) is 30.3 Å². The van der Waals surface area contributed by atoms with Crippen molar-refractivity contribution in [3.05, 3.63) is 66.0 Å². The van der Waals surface area contributed by atoms with Gasteiger partial charge in [0.05, 0.1) is 19.3 Å². The largest absolute Gasteiger partial charge is 0.507 e. The van der Waals surface area contributed by atoms with E-state index in [9.17, 15) is 5.11 Å². The van der Waals surface area contributed by atoms with Crippen LogP contribution in [0.5, 0.6) is 5.75 Å². The molecule has 0 spiro atoms. The number of phenolic OH excluding ortho intramolecular Hbond substituents is 1. The Morgan fingerprint density at radius 2 is 1.58 bits per heavy atom. The number of anilines is 1. The average molecular weight is 444 g/mol. The van der Waals surface area contributed by atoms with Crippen molar-refractivity contribution in [3.8, 4) is 28.2 Å². The molecule has 3 aliphatic heterocycles. The molecule has 4 aliphatic rings. The summed E-state index contributed by atoms with van der Waals surface area (Å²) < 4.78 is 19.9. The Bertz CT molecular complexity index is 1350. The Kier molecular flexibility index (Phi) is 5.24. The van der Waals surface area contributed by atoms with Gasteiger partial charge in [-0.1, -0.05) is 18.2 Å². The van der Waals surface area contributed by atoms with Crippen LogP contribution in [0.3, 0.4) is 0 Å². The van der Waals surface area contributed by atoms with Crippen molar-refractivity contribution in [1.82, 2.24) is 4.58 Å². The Balaban J connectivity index is 1.61. The van der Waals surface area contributed by atoms with E-state index in [0.717, 1.165) is 97.1 Å². The summed E-state index contributed by atoms with van der Waals surface area (Å²) in [6.45, 7) is 6.41. The van der Waals surface area contributed by atoms with E-state index < -0.39 is 0 Å². The molecule has 1 aliphatic carbocycles. The van der Waals surface area contributed by atoms with Crippen LogP contribution < -0.4 is 14.8 Å². The zero-order chi connectivity index (χ0) is 22.2. The van der Waals surface area contributed by atoms with Crippen LogP contribution in [0, 0.1) is 0 Å². The number of hydrogen-bond donors (Lipinski definition) is 1. The van der Waals surface area contributed by atoms with Crippen LogP contribution in [0.2, 0.25) is 0 Å². The van der Waals surface area contributed by atoms with Crippen molar-refractivity contribution < 1.29 is 19.0 Å². The summed E-state index contributed by atoms with van der Waals surface area (Å²) in [5, 5.41) is 12.8. The summed E-state index contributed by atoms with van der Waals surface area (Å²) in [6, 6.07) is 20.2. The van der Waals surface area contributed by atoms with E-state index in [-0.39, 0.29) is 5.75 Å². The smallest absolute Gasteiger partial charge is 0.203 e. The van der Waals surface area contributed by atoms with Gasteiger partial charge in [0.2, 0.25) is 5.36 Å². The van der Waals surface area contributed by atoms with Crippen molar-refractivity contribution in [2.75, 3.05) is 57.5 Å². The van der Waals surface area contributed by atoms with Crippen LogP contribution in [0.1, 0.15) is 0 Å². The highest BCUT2D eigenvalue weighted by atomic mass is 16.5. The molecule has 3 heterocycles. The Morgan fingerprint density at radius 1 is 0.788 bits per heavy atom. The fourth-order valence-corrected chi connectivity index (χ4v) is 4.88. The number of aromatic hydroxyl groups is 1. The molecule has 0 aromatic heterocycles. The van der Waals surface area contributed by atoms with Crippen molar-refractivity contribution in [2.45, 2.75) is 0 Å². The molecule has 0 unspecified atom stereocenters. The fraction of sp³-hybridized carbons (Fsp3) is 0.296. The second-order valence-corrected chi connectivity index (χ2v) is 8.55. The number of rotatable bonds is 2. The summed E-state index contributed by atoms with van der Waals surface area (Å²) in [4.78, 5) is 2.33. The standard InChI is InChI=1S/C27H26N2O4/c30-24-4-2-1-3-21(24)27-22-7-5-19(28-9-13-31-14-10-28)17-25(22)33-26-18-20(6-8-23(26)27)29-11-15-32-16-12-29/h1-8,17-18H,9-16H2/p+1. The lowest BCUT2D eigenvalue weighted by Crippen LogP contribution is -2.39. The summed E-state index contributed by atoms with van der Waals surface area (Å²) in [7, 11) is 0. The van der Waals surface area contributed by atoms with Gasteiger partial charge in [0.15, 0.2) is 13.1 Å². The third kappa shape index (κ3) is 3.75. The third-order valence-electron chi connectivity index (χ3n) is 6.61. The second-order valence-electron chi connectivity index (χ2n) is 8.55. The van der Waals surface area contributed by atoms with Gasteiger partial charge in [-0.15, -0.1) is 0 Å². The molecule has 0 radical (unpaired) electrons. The molecule has 0 atom stereocenters. The second kappa shape index (κ2) is 8.54. The molecule has 33 heavy (non-hydrogen) atoms. The molecule has 2 saturated heterocycles. The Labute approximate surface area is 192 Å². The van der Waals surface area contributed by atoms with Crippen molar-refractivity contribution in [3.63, 3.8) is 0 Å². The molecule has 6 rings (SSSR count). The molecule has 6 heteroatoms. The Hall–Kier alpha value is -3.35. The number of ether oxygens (including phenoxy) is 2. The van der Waals surface area contributed by atoms with E-state index >= 15 is 0 Å². The van der Waals surface area contributed by atoms with Gasteiger partial charge in [0.25, 0.3) is 0 Å². The number of benzene rings is 3. The SMILES string of the molecule is Oc1ccccc1-c1c2ccc(=[N+]3CCOCC3)cc-2oc2cc(N3CCOCC3)ccc12. The predicted molar refractivity (Wildman–Crippen MR) is 129 cm³/mol. The van der Waals surface area contributed by atoms with Crippen LogP contribution in [-0.4, -0.2) is 57.7 Å². The number of fused-ring (bicyclic) bond motifs is 2. The van der Waals surface area contributed by atoms with Crippen molar-refractivity contribution in [2.24, 2.45) is 0 Å². The predicted octanol–water partition coefficient (Wildman–Crippen LogP) is 3.55. The quantitative estimate of drug-likeness (QED) is 0.379. The van der Waals surface area contributed by atoms with Crippen LogP contribution >= 0.6 is 0 Å². The zero-order valence-corrected chi connectivity index (χ0v) is 18.5. The van der Waals surface area contributed by atoms with E-state index in [0.29, 0.717) is 0 Å². The molecule has 168 valence electrons. The van der Waals surface area contributed by atoms with E-state index in [1.807, 2.05) is 18.2 Å². The minimum atomic E-state index is 0.265. The minimum absolute atomic E-state index is 0.265. The number of para-hydroxylation sites is 1. The molecule has 0 bridgehead atoms. The van der Waals surface area contributed by atoms with E-state index in [1.165, 1.54) is 0 Å². The number of phenols is 1.